The van der Waals surface area contributed by atoms with E-state index in [4.69, 9.17) is 0 Å². The fourth-order valence-corrected chi connectivity index (χ4v) is 5.34. The van der Waals surface area contributed by atoms with Crippen LogP contribution < -0.4 is 0 Å². The van der Waals surface area contributed by atoms with Gasteiger partial charge in [-0.25, -0.2) is 0 Å². The molecule has 0 amide bonds. The van der Waals surface area contributed by atoms with Gasteiger partial charge in [-0.15, -0.1) is 0 Å². The first-order valence-electron chi connectivity index (χ1n) is 7.27. The zero-order valence-corrected chi connectivity index (χ0v) is 11.7. The van der Waals surface area contributed by atoms with Crippen molar-refractivity contribution in [3.05, 3.63) is 0 Å². The molecule has 0 aromatic carbocycles. The van der Waals surface area contributed by atoms with Crippen LogP contribution in [0.4, 0.5) is 0 Å². The molecule has 104 valence electrons. The van der Waals surface area contributed by atoms with Gasteiger partial charge in [0.15, 0.2) is 0 Å². The van der Waals surface area contributed by atoms with Crippen molar-refractivity contribution in [2.24, 2.45) is 22.7 Å². The average molecular weight is 254 g/mol. The quantitative estimate of drug-likeness (QED) is 0.616. The Bertz CT molecular complexity index is 367. The maximum atomic E-state index is 10.7. The smallest absolute Gasteiger partial charge is 0.0935 e. The Balaban J connectivity index is 1.99. The molecule has 3 nitrogen and oxygen atoms in total. The molecule has 18 heavy (non-hydrogen) atoms. The Morgan fingerprint density at radius 2 is 1.72 bits per heavy atom. The lowest BCUT2D eigenvalue weighted by Gasteiger charge is -2.59. The van der Waals surface area contributed by atoms with E-state index in [1.165, 1.54) is 0 Å². The highest BCUT2D eigenvalue weighted by atomic mass is 16.3. The van der Waals surface area contributed by atoms with E-state index in [2.05, 4.69) is 20.8 Å². The fourth-order valence-electron chi connectivity index (χ4n) is 5.34. The Hall–Kier alpha value is -0.120. The van der Waals surface area contributed by atoms with E-state index in [1.54, 1.807) is 0 Å². The number of hydrogen-bond donors (Lipinski definition) is 3. The normalized spacial score (nSPS) is 58.3. The summed E-state index contributed by atoms with van der Waals surface area (Å²) in [5, 5.41) is 31.3. The highest BCUT2D eigenvalue weighted by Crippen LogP contribution is 2.66. The third-order valence-corrected chi connectivity index (χ3v) is 6.27. The minimum absolute atomic E-state index is 0.0889. The molecule has 3 aliphatic rings. The lowest BCUT2D eigenvalue weighted by atomic mass is 9.46. The van der Waals surface area contributed by atoms with Crippen LogP contribution >= 0.6 is 0 Å². The highest BCUT2D eigenvalue weighted by Gasteiger charge is 2.64. The van der Waals surface area contributed by atoms with Gasteiger partial charge >= 0.3 is 0 Å². The monoisotopic (exact) mass is 254 g/mol. The summed E-state index contributed by atoms with van der Waals surface area (Å²) >= 11 is 0. The Morgan fingerprint density at radius 1 is 1.06 bits per heavy atom. The molecular weight excluding hydrogens is 228 g/mol. The molecule has 3 N–H and O–H groups in total. The van der Waals surface area contributed by atoms with Gasteiger partial charge in [0.05, 0.1) is 17.8 Å². The molecule has 3 aliphatic carbocycles. The van der Waals surface area contributed by atoms with Crippen LogP contribution in [-0.4, -0.2) is 33.1 Å². The number of fused-ring (bicyclic) bond motifs is 4. The molecule has 3 fully saturated rings. The van der Waals surface area contributed by atoms with E-state index >= 15 is 0 Å². The van der Waals surface area contributed by atoms with Crippen molar-refractivity contribution in [3.8, 4) is 0 Å². The first kappa shape index (κ1) is 12.9. The van der Waals surface area contributed by atoms with Gasteiger partial charge in [0.2, 0.25) is 0 Å². The first-order chi connectivity index (χ1) is 8.18. The van der Waals surface area contributed by atoms with E-state index in [1.807, 2.05) is 0 Å². The summed E-state index contributed by atoms with van der Waals surface area (Å²) in [4.78, 5) is 0. The minimum atomic E-state index is -1.07. The van der Waals surface area contributed by atoms with Crippen molar-refractivity contribution in [1.82, 2.24) is 0 Å². The maximum absolute atomic E-state index is 10.7. The van der Waals surface area contributed by atoms with Gasteiger partial charge in [0, 0.05) is 6.42 Å². The van der Waals surface area contributed by atoms with Crippen LogP contribution in [0.1, 0.15) is 52.9 Å². The van der Waals surface area contributed by atoms with E-state index in [9.17, 15) is 15.3 Å². The summed E-state index contributed by atoms with van der Waals surface area (Å²) in [6.45, 7) is 6.68. The van der Waals surface area contributed by atoms with E-state index < -0.39 is 17.8 Å². The molecular formula is C15H26O3. The Morgan fingerprint density at radius 3 is 2.33 bits per heavy atom. The van der Waals surface area contributed by atoms with Crippen LogP contribution in [0, 0.1) is 22.7 Å². The molecule has 6 atom stereocenters. The van der Waals surface area contributed by atoms with Crippen LogP contribution in [0.25, 0.3) is 0 Å². The van der Waals surface area contributed by atoms with Crippen LogP contribution in [0.3, 0.4) is 0 Å². The predicted molar refractivity (Wildman–Crippen MR) is 68.9 cm³/mol. The largest absolute Gasteiger partial charge is 0.393 e. The van der Waals surface area contributed by atoms with E-state index in [0.717, 1.165) is 12.8 Å². The van der Waals surface area contributed by atoms with Gasteiger partial charge in [-0.05, 0) is 48.3 Å². The Labute approximate surface area is 109 Å². The fraction of sp³-hybridized carbons (Fsp3) is 1.00. The summed E-state index contributed by atoms with van der Waals surface area (Å²) in [6.07, 6.45) is 2.63. The second-order valence-corrected chi connectivity index (χ2v) is 8.09. The zero-order chi connectivity index (χ0) is 13.3. The van der Waals surface area contributed by atoms with Crippen molar-refractivity contribution in [1.29, 1.82) is 0 Å². The second-order valence-electron chi connectivity index (χ2n) is 8.09. The highest BCUT2D eigenvalue weighted by molar-refractivity contribution is 5.13. The van der Waals surface area contributed by atoms with E-state index in [-0.39, 0.29) is 16.7 Å². The lowest BCUT2D eigenvalue weighted by molar-refractivity contribution is -0.154. The van der Waals surface area contributed by atoms with Crippen molar-refractivity contribution < 1.29 is 15.3 Å². The molecule has 0 radical (unpaired) electrons. The SMILES string of the molecule is CC1(C)C[C@H]2[C@H]1[C@@H](O)C[C@@]1(O)C[C@]2(C)CC[C@H]1O. The third kappa shape index (κ3) is 1.53. The summed E-state index contributed by atoms with van der Waals surface area (Å²) in [5.74, 6) is 0.783. The van der Waals surface area contributed by atoms with Gasteiger partial charge < -0.3 is 15.3 Å². The molecule has 0 aromatic heterocycles. The van der Waals surface area contributed by atoms with Crippen LogP contribution in [0.2, 0.25) is 0 Å². The van der Waals surface area contributed by atoms with Crippen LogP contribution in [0.15, 0.2) is 0 Å². The third-order valence-electron chi connectivity index (χ3n) is 6.27. The predicted octanol–water partition coefficient (Wildman–Crippen LogP) is 1.70. The zero-order valence-electron chi connectivity index (χ0n) is 11.7. The molecule has 2 bridgehead atoms. The molecule has 0 aromatic rings. The van der Waals surface area contributed by atoms with Gasteiger partial charge in [0.1, 0.15) is 0 Å². The van der Waals surface area contributed by atoms with Gasteiger partial charge in [-0.1, -0.05) is 20.8 Å². The standard InChI is InChI=1S/C15H26O3/c1-13(2)6-9-12(13)10(16)7-15(18)8-14(9,3)5-4-11(15)17/h9-12,16-18H,4-8H2,1-3H3/t9-,10-,11+,12-,14-,15+/m0/s1. The number of aliphatic hydroxyl groups excluding tert-OH is 2. The minimum Gasteiger partial charge on any atom is -0.393 e. The van der Waals surface area contributed by atoms with Crippen molar-refractivity contribution in [2.45, 2.75) is 70.7 Å². The van der Waals surface area contributed by atoms with Gasteiger partial charge in [0.25, 0.3) is 0 Å². The molecule has 0 spiro atoms. The first-order valence-corrected chi connectivity index (χ1v) is 7.27. The summed E-state index contributed by atoms with van der Waals surface area (Å²) < 4.78 is 0. The van der Waals surface area contributed by atoms with Gasteiger partial charge in [-0.2, -0.15) is 0 Å². The molecule has 3 rings (SSSR count). The second kappa shape index (κ2) is 3.50. The summed E-state index contributed by atoms with van der Waals surface area (Å²) in [7, 11) is 0. The van der Waals surface area contributed by atoms with E-state index in [0.29, 0.717) is 25.2 Å². The van der Waals surface area contributed by atoms with Crippen molar-refractivity contribution in [3.63, 3.8) is 0 Å². The molecule has 0 aliphatic heterocycles. The molecule has 0 heterocycles. The summed E-state index contributed by atoms with van der Waals surface area (Å²) in [6, 6.07) is 0. The average Bonchev–Trinajstić information content (AvgIpc) is 2.25. The topological polar surface area (TPSA) is 60.7 Å². The van der Waals surface area contributed by atoms with Gasteiger partial charge in [-0.3, -0.25) is 0 Å². The van der Waals surface area contributed by atoms with Crippen molar-refractivity contribution in [2.75, 3.05) is 0 Å². The van der Waals surface area contributed by atoms with Crippen LogP contribution in [-0.2, 0) is 0 Å². The van der Waals surface area contributed by atoms with Crippen molar-refractivity contribution >= 4 is 0 Å². The Kier molecular flexibility index (Phi) is 2.51. The summed E-state index contributed by atoms with van der Waals surface area (Å²) in [5.41, 5.74) is -0.808. The number of hydrogen-bond acceptors (Lipinski definition) is 3. The number of rotatable bonds is 0. The van der Waals surface area contributed by atoms with Crippen LogP contribution in [0.5, 0.6) is 0 Å². The molecule has 3 heteroatoms. The maximum Gasteiger partial charge on any atom is 0.0935 e. The molecule has 0 saturated heterocycles. The lowest BCUT2D eigenvalue weighted by Crippen LogP contribution is -2.55. The number of aliphatic hydroxyl groups is 3. The molecule has 3 saturated carbocycles. The molecule has 0 unspecified atom stereocenters.